The van der Waals surface area contributed by atoms with E-state index in [1.165, 1.54) is 0 Å². The molecular weight excluding hydrogens is 292 g/mol. The maximum Gasteiger partial charge on any atom is 0.376 e. The maximum absolute atomic E-state index is 12.5. The Bertz CT molecular complexity index is 499. The standard InChI is InChI=1S/C14H24N2O6/c1-15(2)7-5-9-13(19,11(15)17)21-10-6-8-16(3,4)12(18)14(10,20)22-9/h9-10,19-20H,5-8H2,1-4H3/q+2. The molecular formula is C14H24N2O6+2. The number of aliphatic hydroxyl groups is 2. The molecule has 0 aliphatic carbocycles. The number of nitrogens with zero attached hydrogens (tertiary/aromatic N) is 2. The van der Waals surface area contributed by atoms with Gasteiger partial charge in [0.2, 0.25) is 0 Å². The minimum atomic E-state index is -2.12. The fourth-order valence-corrected chi connectivity index (χ4v) is 3.58. The Kier molecular flexibility index (Phi) is 3.15. The molecule has 4 unspecified atom stereocenters. The van der Waals surface area contributed by atoms with E-state index in [4.69, 9.17) is 9.47 Å². The number of hydrogen-bond donors (Lipinski definition) is 2. The lowest BCUT2D eigenvalue weighted by Gasteiger charge is -2.54. The lowest BCUT2D eigenvalue weighted by molar-refractivity contribution is -0.835. The van der Waals surface area contributed by atoms with Crippen molar-refractivity contribution < 1.29 is 38.2 Å². The van der Waals surface area contributed by atoms with Crippen molar-refractivity contribution in [2.45, 2.75) is 36.6 Å². The fourth-order valence-electron chi connectivity index (χ4n) is 3.58. The first kappa shape index (κ1) is 16.0. The quantitative estimate of drug-likeness (QED) is 0.510. The third kappa shape index (κ3) is 1.92. The van der Waals surface area contributed by atoms with Crippen molar-refractivity contribution in [1.82, 2.24) is 0 Å². The van der Waals surface area contributed by atoms with E-state index >= 15 is 0 Å². The molecule has 0 bridgehead atoms. The third-order valence-electron chi connectivity index (χ3n) is 5.13. The molecule has 3 aliphatic heterocycles. The van der Waals surface area contributed by atoms with Crippen LogP contribution in [0.5, 0.6) is 0 Å². The van der Waals surface area contributed by atoms with Crippen LogP contribution in [-0.4, -0.2) is 96.1 Å². The van der Waals surface area contributed by atoms with Gasteiger partial charge >= 0.3 is 23.4 Å². The molecule has 22 heavy (non-hydrogen) atoms. The topological polar surface area (TPSA) is 93.1 Å². The van der Waals surface area contributed by atoms with Crippen LogP contribution >= 0.6 is 0 Å². The molecule has 4 atom stereocenters. The van der Waals surface area contributed by atoms with Gasteiger partial charge in [0.15, 0.2) is 0 Å². The predicted octanol–water partition coefficient (Wildman–Crippen LogP) is -1.84. The molecule has 3 fully saturated rings. The number of carbonyl (C=O) groups excluding carboxylic acids is 2. The van der Waals surface area contributed by atoms with Crippen molar-refractivity contribution >= 4 is 11.8 Å². The molecule has 0 saturated carbocycles. The Hall–Kier alpha value is -0.900. The number of fused-ring (bicyclic) bond motifs is 2. The Balaban J connectivity index is 1.97. The largest absolute Gasteiger partial charge is 0.376 e. The number of likely N-dealkylation sites (tertiary alicyclic amines) is 2. The monoisotopic (exact) mass is 316 g/mol. The molecule has 3 heterocycles. The number of hydrogen-bond acceptors (Lipinski definition) is 6. The molecule has 3 saturated heterocycles. The molecule has 0 spiro atoms. The van der Waals surface area contributed by atoms with Crippen LogP contribution in [0.4, 0.5) is 0 Å². The average Bonchev–Trinajstić information content (AvgIpc) is 2.42. The Morgan fingerprint density at radius 2 is 1.18 bits per heavy atom. The summed E-state index contributed by atoms with van der Waals surface area (Å²) in [6.07, 6.45) is -1.47. The first-order valence-corrected chi connectivity index (χ1v) is 7.50. The summed E-state index contributed by atoms with van der Waals surface area (Å²) >= 11 is 0. The van der Waals surface area contributed by atoms with Crippen LogP contribution in [0.15, 0.2) is 0 Å². The molecule has 0 radical (unpaired) electrons. The zero-order chi connectivity index (χ0) is 16.6. The predicted molar refractivity (Wildman–Crippen MR) is 72.8 cm³/mol. The number of rotatable bonds is 0. The van der Waals surface area contributed by atoms with Crippen molar-refractivity contribution in [3.8, 4) is 0 Å². The van der Waals surface area contributed by atoms with Crippen LogP contribution in [0.2, 0.25) is 0 Å². The molecule has 0 aromatic rings. The zero-order valence-corrected chi connectivity index (χ0v) is 13.4. The Morgan fingerprint density at radius 3 is 1.50 bits per heavy atom. The normalized spacial score (nSPS) is 46.8. The number of piperidine rings is 2. The van der Waals surface area contributed by atoms with Gasteiger partial charge in [0.25, 0.3) is 0 Å². The lowest BCUT2D eigenvalue weighted by Crippen LogP contribution is -2.79. The van der Waals surface area contributed by atoms with E-state index in [0.717, 1.165) is 0 Å². The van der Waals surface area contributed by atoms with Crippen molar-refractivity contribution in [3.63, 3.8) is 0 Å². The van der Waals surface area contributed by atoms with E-state index in [9.17, 15) is 19.8 Å². The van der Waals surface area contributed by atoms with Crippen molar-refractivity contribution in [2.75, 3.05) is 41.3 Å². The summed E-state index contributed by atoms with van der Waals surface area (Å²) < 4.78 is 11.1. The SMILES string of the molecule is C[N+]1(C)CCC2OC3(O)C(=O)[N+](C)(C)CCC3OC2(O)C1=O. The van der Waals surface area contributed by atoms with E-state index in [-0.39, 0.29) is 8.97 Å². The summed E-state index contributed by atoms with van der Waals surface area (Å²) in [6.45, 7) is 0.866. The molecule has 3 rings (SSSR count). The second-order valence-corrected chi connectivity index (χ2v) is 7.61. The Morgan fingerprint density at radius 1 is 0.864 bits per heavy atom. The van der Waals surface area contributed by atoms with E-state index in [2.05, 4.69) is 0 Å². The second-order valence-electron chi connectivity index (χ2n) is 7.61. The van der Waals surface area contributed by atoms with Crippen LogP contribution in [0.1, 0.15) is 12.8 Å². The van der Waals surface area contributed by atoms with Crippen molar-refractivity contribution in [3.05, 3.63) is 0 Å². The van der Waals surface area contributed by atoms with Crippen LogP contribution in [0.25, 0.3) is 0 Å². The first-order valence-electron chi connectivity index (χ1n) is 7.50. The summed E-state index contributed by atoms with van der Waals surface area (Å²) in [5.41, 5.74) is 0. The number of amides is 2. The zero-order valence-electron chi connectivity index (χ0n) is 13.4. The van der Waals surface area contributed by atoms with Gasteiger partial charge in [0.05, 0.1) is 41.3 Å². The van der Waals surface area contributed by atoms with Crippen molar-refractivity contribution in [1.29, 1.82) is 0 Å². The molecule has 3 aliphatic rings. The van der Waals surface area contributed by atoms with Gasteiger partial charge in [-0.1, -0.05) is 0 Å². The smallest absolute Gasteiger partial charge is 0.353 e. The number of likely N-dealkylation sites (N-methyl/N-ethyl adjacent to an activating group) is 2. The molecule has 0 aromatic carbocycles. The molecule has 0 aromatic heterocycles. The summed E-state index contributed by atoms with van der Waals surface area (Å²) in [5.74, 6) is -5.27. The molecule has 124 valence electrons. The summed E-state index contributed by atoms with van der Waals surface area (Å²) in [6, 6.07) is 0. The third-order valence-corrected chi connectivity index (χ3v) is 5.13. The summed E-state index contributed by atoms with van der Waals surface area (Å²) in [7, 11) is 6.75. The minimum Gasteiger partial charge on any atom is -0.353 e. The summed E-state index contributed by atoms with van der Waals surface area (Å²) in [5, 5.41) is 21.4. The summed E-state index contributed by atoms with van der Waals surface area (Å²) in [4.78, 5) is 25.1. The number of carbonyl (C=O) groups is 2. The molecule has 8 nitrogen and oxygen atoms in total. The van der Waals surface area contributed by atoms with Crippen LogP contribution in [0, 0.1) is 0 Å². The minimum absolute atomic E-state index is 0.0307. The van der Waals surface area contributed by atoms with Gasteiger partial charge in [-0.05, 0) is 0 Å². The van der Waals surface area contributed by atoms with Gasteiger partial charge in [-0.15, -0.1) is 0 Å². The van der Waals surface area contributed by atoms with Crippen molar-refractivity contribution in [2.24, 2.45) is 0 Å². The van der Waals surface area contributed by atoms with Gasteiger partial charge in [0.1, 0.15) is 12.2 Å². The van der Waals surface area contributed by atoms with Gasteiger partial charge in [-0.3, -0.25) is 8.97 Å². The highest BCUT2D eigenvalue weighted by atomic mass is 16.7. The van der Waals surface area contributed by atoms with Gasteiger partial charge in [-0.2, -0.15) is 0 Å². The average molecular weight is 316 g/mol. The van der Waals surface area contributed by atoms with E-state index < -0.39 is 35.6 Å². The van der Waals surface area contributed by atoms with E-state index in [1.54, 1.807) is 28.2 Å². The first-order chi connectivity index (χ1) is 9.93. The second kappa shape index (κ2) is 4.34. The van der Waals surface area contributed by atoms with Gasteiger partial charge in [-0.25, -0.2) is 9.59 Å². The fraction of sp³-hybridized carbons (Fsp3) is 0.857. The van der Waals surface area contributed by atoms with E-state index in [0.29, 0.717) is 25.9 Å². The van der Waals surface area contributed by atoms with Gasteiger partial charge in [0, 0.05) is 12.8 Å². The highest BCUT2D eigenvalue weighted by Crippen LogP contribution is 2.43. The number of quaternary nitrogens is 2. The van der Waals surface area contributed by atoms with Crippen LogP contribution in [0.3, 0.4) is 0 Å². The van der Waals surface area contributed by atoms with Gasteiger partial charge < -0.3 is 19.7 Å². The Labute approximate surface area is 129 Å². The van der Waals surface area contributed by atoms with E-state index in [1.807, 2.05) is 0 Å². The van der Waals surface area contributed by atoms with Crippen LogP contribution < -0.4 is 0 Å². The molecule has 2 N–H and O–H groups in total. The van der Waals surface area contributed by atoms with Crippen LogP contribution in [-0.2, 0) is 19.1 Å². The number of ether oxygens (including phenoxy) is 2. The molecule has 2 amide bonds. The molecule has 8 heteroatoms. The highest BCUT2D eigenvalue weighted by molar-refractivity contribution is 5.81. The lowest BCUT2D eigenvalue weighted by atomic mass is 9.90. The maximum atomic E-state index is 12.5. The highest BCUT2D eigenvalue weighted by Gasteiger charge is 2.71.